The third kappa shape index (κ3) is 3.45. The van der Waals surface area contributed by atoms with Crippen molar-refractivity contribution >= 4 is 53.8 Å². The minimum atomic E-state index is -0.825. The van der Waals surface area contributed by atoms with Gasteiger partial charge < -0.3 is 10.2 Å². The molecule has 1 aromatic carbocycles. The van der Waals surface area contributed by atoms with E-state index in [0.717, 1.165) is 10.0 Å². The number of halogens is 3. The van der Waals surface area contributed by atoms with Crippen molar-refractivity contribution in [2.45, 2.75) is 19.8 Å². The molecule has 0 fully saturated rings. The van der Waals surface area contributed by atoms with Crippen LogP contribution in [0.3, 0.4) is 0 Å². The Hall–Kier alpha value is -0.0700. The van der Waals surface area contributed by atoms with Gasteiger partial charge >= 0.3 is 5.97 Å². The quantitative estimate of drug-likeness (QED) is 0.747. The molecule has 0 aliphatic rings. The van der Waals surface area contributed by atoms with Crippen molar-refractivity contribution in [2.75, 3.05) is 0 Å². The second-order valence-electron chi connectivity index (χ2n) is 3.63. The van der Waals surface area contributed by atoms with Crippen molar-refractivity contribution in [1.82, 2.24) is 0 Å². The van der Waals surface area contributed by atoms with E-state index in [1.165, 1.54) is 0 Å². The van der Waals surface area contributed by atoms with Gasteiger partial charge in [0.05, 0.1) is 14.9 Å². The Labute approximate surface area is 125 Å². The van der Waals surface area contributed by atoms with Gasteiger partial charge in [-0.2, -0.15) is 0 Å². The number of hydrogen-bond donors (Lipinski definition) is 2. The summed E-state index contributed by atoms with van der Waals surface area (Å²) in [6.07, 6.45) is 0.916. The Morgan fingerprint density at radius 1 is 1.35 bits per heavy atom. The maximum Gasteiger partial charge on any atom is 0.306 e. The Balaban J connectivity index is 3.14. The number of carbonyl (C=O) groups is 1. The molecular formula is C11H11Br3O3. The van der Waals surface area contributed by atoms with Crippen LogP contribution in [-0.2, 0) is 11.2 Å². The summed E-state index contributed by atoms with van der Waals surface area (Å²) in [5.74, 6) is -1.19. The lowest BCUT2D eigenvalue weighted by molar-refractivity contribution is -0.141. The van der Waals surface area contributed by atoms with E-state index in [2.05, 4.69) is 47.8 Å². The van der Waals surface area contributed by atoms with E-state index in [1.54, 1.807) is 6.07 Å². The van der Waals surface area contributed by atoms with E-state index in [4.69, 9.17) is 5.11 Å². The fourth-order valence-electron chi connectivity index (χ4n) is 1.46. The van der Waals surface area contributed by atoms with Crippen molar-refractivity contribution in [2.24, 2.45) is 5.92 Å². The lowest BCUT2D eigenvalue weighted by atomic mass is 9.97. The number of benzene rings is 1. The number of rotatable bonds is 4. The van der Waals surface area contributed by atoms with Gasteiger partial charge in [0.15, 0.2) is 0 Å². The molecule has 0 amide bonds. The van der Waals surface area contributed by atoms with Gasteiger partial charge in [-0.15, -0.1) is 0 Å². The summed E-state index contributed by atoms with van der Waals surface area (Å²) in [5, 5.41) is 18.8. The average Bonchev–Trinajstić information content (AvgIpc) is 2.26. The van der Waals surface area contributed by atoms with E-state index >= 15 is 0 Å². The number of phenolic OH excluding ortho intramolecular Hbond substituents is 1. The first-order valence-corrected chi connectivity index (χ1v) is 7.34. The first kappa shape index (κ1) is 15.0. The number of carboxylic acids is 1. The van der Waals surface area contributed by atoms with Gasteiger partial charge in [0.1, 0.15) is 5.75 Å². The number of hydrogen-bond acceptors (Lipinski definition) is 2. The Morgan fingerprint density at radius 2 is 1.94 bits per heavy atom. The molecule has 0 saturated carbocycles. The largest absolute Gasteiger partial charge is 0.506 e. The van der Waals surface area contributed by atoms with E-state index in [-0.39, 0.29) is 5.75 Å². The van der Waals surface area contributed by atoms with E-state index in [1.807, 2.05) is 6.92 Å². The van der Waals surface area contributed by atoms with Crippen molar-refractivity contribution < 1.29 is 15.0 Å². The highest BCUT2D eigenvalue weighted by molar-refractivity contribution is 9.11. The summed E-state index contributed by atoms with van der Waals surface area (Å²) in [6, 6.07) is 1.71. The summed E-state index contributed by atoms with van der Waals surface area (Å²) < 4.78 is 1.86. The molecule has 0 bridgehead atoms. The number of aliphatic carboxylic acids is 1. The minimum Gasteiger partial charge on any atom is -0.506 e. The molecule has 0 spiro atoms. The van der Waals surface area contributed by atoms with Crippen LogP contribution in [0.15, 0.2) is 19.5 Å². The summed E-state index contributed by atoms with van der Waals surface area (Å²) in [5.41, 5.74) is 0.764. The molecule has 1 atom stereocenters. The Bertz CT molecular complexity index is 446. The van der Waals surface area contributed by atoms with Crippen LogP contribution in [0.4, 0.5) is 0 Å². The molecule has 94 valence electrons. The molecule has 0 saturated heterocycles. The van der Waals surface area contributed by atoms with Crippen molar-refractivity contribution in [3.8, 4) is 5.75 Å². The van der Waals surface area contributed by atoms with Crippen LogP contribution >= 0.6 is 47.8 Å². The smallest absolute Gasteiger partial charge is 0.306 e. The van der Waals surface area contributed by atoms with Gasteiger partial charge in [-0.25, -0.2) is 0 Å². The third-order valence-electron chi connectivity index (χ3n) is 2.53. The average molecular weight is 431 g/mol. The molecular weight excluding hydrogens is 420 g/mol. The zero-order valence-corrected chi connectivity index (χ0v) is 13.8. The summed E-state index contributed by atoms with van der Waals surface area (Å²) in [6.45, 7) is 1.83. The van der Waals surface area contributed by atoms with Crippen LogP contribution < -0.4 is 0 Å². The minimum absolute atomic E-state index is 0.0865. The zero-order chi connectivity index (χ0) is 13.2. The molecule has 1 rings (SSSR count). The molecule has 3 nitrogen and oxygen atoms in total. The first-order valence-electron chi connectivity index (χ1n) is 4.96. The van der Waals surface area contributed by atoms with Crippen LogP contribution in [0.1, 0.15) is 18.9 Å². The molecule has 0 aromatic heterocycles. The molecule has 0 heterocycles. The van der Waals surface area contributed by atoms with Crippen LogP contribution in [0.25, 0.3) is 0 Å². The first-order chi connectivity index (χ1) is 7.88. The van der Waals surface area contributed by atoms with Crippen molar-refractivity contribution in [1.29, 1.82) is 0 Å². The molecule has 1 unspecified atom stereocenters. The molecule has 0 radical (unpaired) electrons. The topological polar surface area (TPSA) is 57.5 Å². The Kier molecular flexibility index (Phi) is 5.47. The SMILES string of the molecule is CCC(Cc1c(Br)cc(Br)c(O)c1Br)C(=O)O. The number of carboxylic acid groups (broad SMARTS) is 1. The maximum absolute atomic E-state index is 11.0. The van der Waals surface area contributed by atoms with Crippen LogP contribution in [-0.4, -0.2) is 16.2 Å². The van der Waals surface area contributed by atoms with E-state index in [0.29, 0.717) is 21.8 Å². The molecule has 0 aliphatic carbocycles. The standard InChI is InChI=1S/C11H11Br3O3/c1-2-5(11(16)17)3-6-7(12)4-8(13)10(15)9(6)14/h4-5,15H,2-3H2,1H3,(H,16,17). The summed E-state index contributed by atoms with van der Waals surface area (Å²) in [7, 11) is 0. The second kappa shape index (κ2) is 6.20. The van der Waals surface area contributed by atoms with Gasteiger partial charge in [-0.05, 0) is 56.3 Å². The normalized spacial score (nSPS) is 12.5. The van der Waals surface area contributed by atoms with Gasteiger partial charge in [0.2, 0.25) is 0 Å². The highest BCUT2D eigenvalue weighted by Crippen LogP contribution is 2.40. The molecule has 6 heteroatoms. The lowest BCUT2D eigenvalue weighted by Gasteiger charge is -2.14. The van der Waals surface area contributed by atoms with Crippen molar-refractivity contribution in [3.63, 3.8) is 0 Å². The predicted octanol–water partition coefficient (Wildman–Crippen LogP) is 4.33. The number of aromatic hydroxyl groups is 1. The second-order valence-corrected chi connectivity index (χ2v) is 6.13. The predicted molar refractivity (Wildman–Crippen MR) is 76.3 cm³/mol. The fourth-order valence-corrected chi connectivity index (χ4v) is 3.90. The number of phenols is 1. The third-order valence-corrected chi connectivity index (χ3v) is 4.70. The monoisotopic (exact) mass is 428 g/mol. The van der Waals surface area contributed by atoms with Gasteiger partial charge in [-0.1, -0.05) is 22.9 Å². The summed E-state index contributed by atoms with van der Waals surface area (Å²) in [4.78, 5) is 11.0. The zero-order valence-electron chi connectivity index (χ0n) is 9.01. The van der Waals surface area contributed by atoms with E-state index < -0.39 is 11.9 Å². The van der Waals surface area contributed by atoms with Gasteiger partial charge in [-0.3, -0.25) is 4.79 Å². The van der Waals surface area contributed by atoms with Crippen molar-refractivity contribution in [3.05, 3.63) is 25.0 Å². The molecule has 2 N–H and O–H groups in total. The molecule has 0 aliphatic heterocycles. The maximum atomic E-state index is 11.0. The highest BCUT2D eigenvalue weighted by atomic mass is 79.9. The highest BCUT2D eigenvalue weighted by Gasteiger charge is 2.21. The molecule has 1 aromatic rings. The van der Waals surface area contributed by atoms with Crippen LogP contribution in [0, 0.1) is 5.92 Å². The fraction of sp³-hybridized carbons (Fsp3) is 0.364. The van der Waals surface area contributed by atoms with Gasteiger partial charge in [0.25, 0.3) is 0 Å². The van der Waals surface area contributed by atoms with E-state index in [9.17, 15) is 9.90 Å². The lowest BCUT2D eigenvalue weighted by Crippen LogP contribution is -2.15. The van der Waals surface area contributed by atoms with Crippen LogP contribution in [0.5, 0.6) is 5.75 Å². The van der Waals surface area contributed by atoms with Crippen LogP contribution in [0.2, 0.25) is 0 Å². The Morgan fingerprint density at radius 3 is 2.41 bits per heavy atom. The molecule has 17 heavy (non-hydrogen) atoms. The van der Waals surface area contributed by atoms with Gasteiger partial charge in [0, 0.05) is 4.47 Å². The summed E-state index contributed by atoms with van der Waals surface area (Å²) >= 11 is 9.88.